The quantitative estimate of drug-likeness (QED) is 0.518. The van der Waals surface area contributed by atoms with Crippen molar-refractivity contribution in [2.45, 2.75) is 13.5 Å². The highest BCUT2D eigenvalue weighted by Crippen LogP contribution is 2.22. The van der Waals surface area contributed by atoms with Crippen LogP contribution in [0, 0.1) is 6.92 Å². The number of nitrogens with zero attached hydrogens (tertiary/aromatic N) is 5. The Morgan fingerprint density at radius 1 is 1.17 bits per heavy atom. The predicted octanol–water partition coefficient (Wildman–Crippen LogP) is 3.20. The molecule has 0 radical (unpaired) electrons. The summed E-state index contributed by atoms with van der Waals surface area (Å²) in [7, 11) is 3.71. The molecule has 0 unspecified atom stereocenters. The molecule has 3 heterocycles. The van der Waals surface area contributed by atoms with Gasteiger partial charge in [0.15, 0.2) is 0 Å². The van der Waals surface area contributed by atoms with Gasteiger partial charge in [-0.2, -0.15) is 5.10 Å². The van der Waals surface area contributed by atoms with E-state index in [9.17, 15) is 4.79 Å². The summed E-state index contributed by atoms with van der Waals surface area (Å²) in [5.41, 5.74) is 5.42. The second-order valence-electron chi connectivity index (χ2n) is 7.12. The highest BCUT2D eigenvalue weighted by Gasteiger charge is 2.10. The fraction of sp³-hybridized carbons (Fsp3) is 0.182. The Morgan fingerprint density at radius 3 is 2.73 bits per heavy atom. The molecule has 0 aliphatic carbocycles. The number of aromatic nitrogens is 5. The minimum absolute atomic E-state index is 0.0899. The van der Waals surface area contributed by atoms with Crippen LogP contribution in [0.5, 0.6) is 0 Å². The number of carbonyl (C=O) groups excluding carboxylic acids is 1. The van der Waals surface area contributed by atoms with Crippen molar-refractivity contribution in [2.75, 3.05) is 5.32 Å². The summed E-state index contributed by atoms with van der Waals surface area (Å²) in [5, 5.41) is 10.3. The lowest BCUT2D eigenvalue weighted by molar-refractivity contribution is 0.0943. The third-order valence-electron chi connectivity index (χ3n) is 4.87. The molecule has 0 aliphatic rings. The van der Waals surface area contributed by atoms with Crippen molar-refractivity contribution in [3.05, 3.63) is 78.0 Å². The van der Waals surface area contributed by atoms with Gasteiger partial charge in [-0.25, -0.2) is 9.97 Å². The highest BCUT2D eigenvalue weighted by molar-refractivity contribution is 5.92. The van der Waals surface area contributed by atoms with Gasteiger partial charge in [-0.05, 0) is 42.3 Å². The molecule has 30 heavy (non-hydrogen) atoms. The lowest BCUT2D eigenvalue weighted by Gasteiger charge is -2.11. The molecule has 4 aromatic rings. The first-order chi connectivity index (χ1) is 14.5. The molecule has 152 valence electrons. The Hall–Kier alpha value is -3.94. The maximum atomic E-state index is 12.3. The van der Waals surface area contributed by atoms with Crippen LogP contribution >= 0.6 is 0 Å². The van der Waals surface area contributed by atoms with Crippen molar-refractivity contribution in [2.24, 2.45) is 14.1 Å². The van der Waals surface area contributed by atoms with Gasteiger partial charge in [0.2, 0.25) is 5.95 Å². The summed E-state index contributed by atoms with van der Waals surface area (Å²) < 4.78 is 3.52. The molecule has 0 saturated carbocycles. The normalized spacial score (nSPS) is 10.8. The third kappa shape index (κ3) is 4.22. The molecule has 0 fully saturated rings. The number of benzene rings is 1. The Balaban J connectivity index is 1.47. The smallest absolute Gasteiger partial charge is 0.268 e. The van der Waals surface area contributed by atoms with Crippen molar-refractivity contribution in [3.8, 4) is 11.3 Å². The molecule has 0 spiro atoms. The number of nitrogens with one attached hydrogen (secondary N) is 2. The molecule has 2 N–H and O–H groups in total. The first kappa shape index (κ1) is 19.4. The molecule has 1 amide bonds. The molecular weight excluding hydrogens is 378 g/mol. The van der Waals surface area contributed by atoms with Crippen molar-refractivity contribution < 1.29 is 4.79 Å². The largest absolute Gasteiger partial charge is 0.347 e. The van der Waals surface area contributed by atoms with E-state index < -0.39 is 0 Å². The maximum absolute atomic E-state index is 12.3. The second-order valence-corrected chi connectivity index (χ2v) is 7.12. The monoisotopic (exact) mass is 401 g/mol. The van der Waals surface area contributed by atoms with E-state index in [0.29, 0.717) is 18.2 Å². The van der Waals surface area contributed by atoms with Gasteiger partial charge in [-0.3, -0.25) is 9.48 Å². The van der Waals surface area contributed by atoms with Crippen LogP contribution in [0.25, 0.3) is 11.3 Å². The van der Waals surface area contributed by atoms with E-state index in [1.807, 2.05) is 57.7 Å². The van der Waals surface area contributed by atoms with Crippen molar-refractivity contribution in [3.63, 3.8) is 0 Å². The van der Waals surface area contributed by atoms with Crippen LogP contribution in [-0.2, 0) is 20.6 Å². The Bertz CT molecular complexity index is 1190. The summed E-state index contributed by atoms with van der Waals surface area (Å²) in [5.74, 6) is 0.421. The summed E-state index contributed by atoms with van der Waals surface area (Å²) in [6.07, 6.45) is 7.16. The number of hydrogen-bond acceptors (Lipinski definition) is 5. The second kappa shape index (κ2) is 8.20. The fourth-order valence-electron chi connectivity index (χ4n) is 3.21. The highest BCUT2D eigenvalue weighted by atomic mass is 16.1. The molecule has 0 aliphatic heterocycles. The van der Waals surface area contributed by atoms with E-state index in [1.54, 1.807) is 27.7 Å². The van der Waals surface area contributed by atoms with Gasteiger partial charge in [-0.15, -0.1) is 0 Å². The molecule has 3 aromatic heterocycles. The number of carbonyl (C=O) groups is 1. The summed E-state index contributed by atoms with van der Waals surface area (Å²) >= 11 is 0. The first-order valence-electron chi connectivity index (χ1n) is 9.58. The van der Waals surface area contributed by atoms with Gasteiger partial charge in [0.1, 0.15) is 5.69 Å². The van der Waals surface area contributed by atoms with Gasteiger partial charge in [-0.1, -0.05) is 12.1 Å². The average Bonchev–Trinajstić information content (AvgIpc) is 3.35. The Morgan fingerprint density at radius 2 is 2.03 bits per heavy atom. The van der Waals surface area contributed by atoms with Gasteiger partial charge >= 0.3 is 0 Å². The van der Waals surface area contributed by atoms with E-state index in [0.717, 1.165) is 28.1 Å². The van der Waals surface area contributed by atoms with Gasteiger partial charge < -0.3 is 15.2 Å². The zero-order chi connectivity index (χ0) is 21.1. The fourth-order valence-corrected chi connectivity index (χ4v) is 3.21. The Kier molecular flexibility index (Phi) is 5.30. The minimum atomic E-state index is -0.0899. The number of aryl methyl sites for hydroxylation is 3. The van der Waals surface area contributed by atoms with E-state index in [2.05, 4.69) is 31.8 Å². The number of hydrogen-bond donors (Lipinski definition) is 2. The summed E-state index contributed by atoms with van der Waals surface area (Å²) in [6, 6.07) is 11.6. The molecule has 8 nitrogen and oxygen atoms in total. The topological polar surface area (TPSA) is 89.7 Å². The molecule has 8 heteroatoms. The standard InChI is InChI=1S/C22H23N7O/c1-15-11-16(6-7-17(15)12-24-21(30)20-5-4-10-28(20)2)19-8-9-23-22(27-19)26-18-13-25-29(3)14-18/h4-11,13-14H,12H2,1-3H3,(H,24,30)(H,23,26,27). The van der Waals surface area contributed by atoms with E-state index in [4.69, 9.17) is 0 Å². The zero-order valence-electron chi connectivity index (χ0n) is 17.1. The van der Waals surface area contributed by atoms with Gasteiger partial charge in [0, 0.05) is 44.8 Å². The van der Waals surface area contributed by atoms with Crippen molar-refractivity contribution in [1.29, 1.82) is 0 Å². The van der Waals surface area contributed by atoms with E-state index in [-0.39, 0.29) is 5.91 Å². The van der Waals surface area contributed by atoms with Crippen LogP contribution in [0.1, 0.15) is 21.6 Å². The zero-order valence-corrected chi connectivity index (χ0v) is 17.1. The molecule has 4 rings (SSSR count). The number of amides is 1. The molecular formula is C22H23N7O. The van der Waals surface area contributed by atoms with Crippen molar-refractivity contribution in [1.82, 2.24) is 29.6 Å². The van der Waals surface area contributed by atoms with Crippen LogP contribution in [0.15, 0.2) is 61.2 Å². The van der Waals surface area contributed by atoms with Crippen LogP contribution in [-0.4, -0.2) is 30.2 Å². The summed E-state index contributed by atoms with van der Waals surface area (Å²) in [4.78, 5) is 21.2. The predicted molar refractivity (Wildman–Crippen MR) is 115 cm³/mol. The van der Waals surface area contributed by atoms with Crippen LogP contribution in [0.4, 0.5) is 11.6 Å². The lowest BCUT2D eigenvalue weighted by atomic mass is 10.0. The number of anilines is 2. The lowest BCUT2D eigenvalue weighted by Crippen LogP contribution is -2.25. The van der Waals surface area contributed by atoms with Crippen LogP contribution < -0.4 is 10.6 Å². The molecule has 0 atom stereocenters. The Labute approximate surface area is 174 Å². The minimum Gasteiger partial charge on any atom is -0.347 e. The molecule has 0 saturated heterocycles. The van der Waals surface area contributed by atoms with Crippen LogP contribution in [0.2, 0.25) is 0 Å². The van der Waals surface area contributed by atoms with E-state index >= 15 is 0 Å². The third-order valence-corrected chi connectivity index (χ3v) is 4.87. The maximum Gasteiger partial charge on any atom is 0.268 e. The average molecular weight is 401 g/mol. The summed E-state index contributed by atoms with van der Waals surface area (Å²) in [6.45, 7) is 2.50. The van der Waals surface area contributed by atoms with Gasteiger partial charge in [0.05, 0.1) is 17.6 Å². The number of rotatable bonds is 6. The van der Waals surface area contributed by atoms with Crippen LogP contribution in [0.3, 0.4) is 0 Å². The van der Waals surface area contributed by atoms with Crippen molar-refractivity contribution >= 4 is 17.5 Å². The van der Waals surface area contributed by atoms with E-state index in [1.165, 1.54) is 0 Å². The molecule has 1 aromatic carbocycles. The first-order valence-corrected chi connectivity index (χ1v) is 9.58. The molecule has 0 bridgehead atoms. The van der Waals surface area contributed by atoms with Gasteiger partial charge in [0.25, 0.3) is 5.91 Å². The SMILES string of the molecule is Cc1cc(-c2ccnc(Nc3cnn(C)c3)n2)ccc1CNC(=O)c1cccn1C.